The molecule has 0 heterocycles. The lowest BCUT2D eigenvalue weighted by Crippen LogP contribution is -2.36. The average molecular weight is 342 g/mol. The number of anilines is 1. The van der Waals surface area contributed by atoms with Crippen molar-refractivity contribution in [1.29, 1.82) is 0 Å². The SMILES string of the molecule is CCOc1ccc(C(C)NC(=O)C(=O)Nc2ccc(OC)cc2)cc1. The smallest absolute Gasteiger partial charge is 0.313 e. The molecule has 2 amide bonds. The zero-order valence-electron chi connectivity index (χ0n) is 14.5. The summed E-state index contributed by atoms with van der Waals surface area (Å²) in [6, 6.07) is 13.8. The Labute approximate surface area is 147 Å². The number of methoxy groups -OCH3 is 1. The maximum Gasteiger partial charge on any atom is 0.313 e. The number of carbonyl (C=O) groups is 2. The fourth-order valence-corrected chi connectivity index (χ4v) is 2.23. The molecule has 2 aromatic carbocycles. The fourth-order valence-electron chi connectivity index (χ4n) is 2.23. The van der Waals surface area contributed by atoms with Gasteiger partial charge in [0, 0.05) is 5.69 Å². The molecule has 132 valence electrons. The first-order valence-electron chi connectivity index (χ1n) is 8.02. The van der Waals surface area contributed by atoms with Crippen LogP contribution in [0.5, 0.6) is 11.5 Å². The molecule has 0 saturated heterocycles. The topological polar surface area (TPSA) is 76.7 Å². The Kier molecular flexibility index (Phi) is 6.39. The second kappa shape index (κ2) is 8.73. The molecule has 0 bridgehead atoms. The van der Waals surface area contributed by atoms with E-state index < -0.39 is 11.8 Å². The number of amides is 2. The third-order valence-electron chi connectivity index (χ3n) is 3.59. The Morgan fingerprint density at radius 2 is 1.56 bits per heavy atom. The first-order valence-corrected chi connectivity index (χ1v) is 8.02. The van der Waals surface area contributed by atoms with Crippen molar-refractivity contribution in [2.45, 2.75) is 19.9 Å². The predicted molar refractivity (Wildman–Crippen MR) is 95.8 cm³/mol. The Hall–Kier alpha value is -3.02. The monoisotopic (exact) mass is 342 g/mol. The second-order valence-electron chi connectivity index (χ2n) is 5.38. The summed E-state index contributed by atoms with van der Waals surface area (Å²) < 4.78 is 10.4. The van der Waals surface area contributed by atoms with Gasteiger partial charge in [0.05, 0.1) is 19.8 Å². The molecule has 6 nitrogen and oxygen atoms in total. The maximum atomic E-state index is 12.1. The number of hydrogen-bond acceptors (Lipinski definition) is 4. The molecule has 6 heteroatoms. The van der Waals surface area contributed by atoms with E-state index >= 15 is 0 Å². The van der Waals surface area contributed by atoms with Gasteiger partial charge in [-0.3, -0.25) is 9.59 Å². The molecule has 25 heavy (non-hydrogen) atoms. The molecule has 0 spiro atoms. The summed E-state index contributed by atoms with van der Waals surface area (Å²) in [5.41, 5.74) is 1.41. The molecule has 0 aliphatic rings. The van der Waals surface area contributed by atoms with E-state index in [1.807, 2.05) is 38.1 Å². The number of benzene rings is 2. The van der Waals surface area contributed by atoms with E-state index in [2.05, 4.69) is 10.6 Å². The van der Waals surface area contributed by atoms with E-state index in [0.29, 0.717) is 18.0 Å². The van der Waals surface area contributed by atoms with Crippen molar-refractivity contribution in [2.75, 3.05) is 19.0 Å². The van der Waals surface area contributed by atoms with Crippen LogP contribution in [0.4, 0.5) is 5.69 Å². The van der Waals surface area contributed by atoms with Crippen LogP contribution in [0.25, 0.3) is 0 Å². The van der Waals surface area contributed by atoms with Gasteiger partial charge in [0.2, 0.25) is 0 Å². The van der Waals surface area contributed by atoms with Gasteiger partial charge in [-0.25, -0.2) is 0 Å². The lowest BCUT2D eigenvalue weighted by atomic mass is 10.1. The molecule has 2 aromatic rings. The van der Waals surface area contributed by atoms with E-state index in [4.69, 9.17) is 9.47 Å². The molecule has 2 N–H and O–H groups in total. The van der Waals surface area contributed by atoms with Gasteiger partial charge >= 0.3 is 11.8 Å². The van der Waals surface area contributed by atoms with E-state index in [9.17, 15) is 9.59 Å². The second-order valence-corrected chi connectivity index (χ2v) is 5.38. The van der Waals surface area contributed by atoms with Crippen LogP contribution >= 0.6 is 0 Å². The van der Waals surface area contributed by atoms with Gasteiger partial charge in [0.15, 0.2) is 0 Å². The highest BCUT2D eigenvalue weighted by Crippen LogP contribution is 2.18. The van der Waals surface area contributed by atoms with Crippen molar-refractivity contribution in [3.05, 3.63) is 54.1 Å². The number of nitrogens with one attached hydrogen (secondary N) is 2. The number of ether oxygens (including phenoxy) is 2. The summed E-state index contributed by atoms with van der Waals surface area (Å²) in [4.78, 5) is 24.0. The van der Waals surface area contributed by atoms with Crippen LogP contribution in [-0.2, 0) is 9.59 Å². The largest absolute Gasteiger partial charge is 0.497 e. The Bertz CT molecular complexity index is 711. The predicted octanol–water partition coefficient (Wildman–Crippen LogP) is 2.91. The standard InChI is InChI=1S/C19H22N2O4/c1-4-25-17-9-5-14(6-10-17)13(2)20-18(22)19(23)21-15-7-11-16(24-3)12-8-15/h5-13H,4H2,1-3H3,(H,20,22)(H,21,23). The van der Waals surface area contributed by atoms with Gasteiger partial charge in [-0.1, -0.05) is 12.1 Å². The highest BCUT2D eigenvalue weighted by molar-refractivity contribution is 6.39. The molecule has 0 saturated carbocycles. The van der Waals surface area contributed by atoms with Crippen molar-refractivity contribution in [2.24, 2.45) is 0 Å². The summed E-state index contributed by atoms with van der Waals surface area (Å²) in [6.07, 6.45) is 0. The molecule has 1 atom stereocenters. The van der Waals surface area contributed by atoms with Gasteiger partial charge in [-0.05, 0) is 55.8 Å². The lowest BCUT2D eigenvalue weighted by molar-refractivity contribution is -0.136. The van der Waals surface area contributed by atoms with Crippen LogP contribution in [0.3, 0.4) is 0 Å². The Morgan fingerprint density at radius 3 is 2.12 bits per heavy atom. The molecule has 1 unspecified atom stereocenters. The molecule has 0 fully saturated rings. The van der Waals surface area contributed by atoms with Gasteiger partial charge in [0.1, 0.15) is 11.5 Å². The highest BCUT2D eigenvalue weighted by atomic mass is 16.5. The fraction of sp³-hybridized carbons (Fsp3) is 0.263. The molecule has 2 rings (SSSR count). The van der Waals surface area contributed by atoms with Crippen molar-refractivity contribution in [3.8, 4) is 11.5 Å². The normalized spacial score (nSPS) is 11.3. The minimum absolute atomic E-state index is 0.301. The van der Waals surface area contributed by atoms with Crippen LogP contribution < -0.4 is 20.1 Å². The van der Waals surface area contributed by atoms with Gasteiger partial charge < -0.3 is 20.1 Å². The van der Waals surface area contributed by atoms with Crippen molar-refractivity contribution >= 4 is 17.5 Å². The molecule has 0 aliphatic carbocycles. The minimum atomic E-state index is -0.719. The molecular formula is C19H22N2O4. The van der Waals surface area contributed by atoms with E-state index in [0.717, 1.165) is 11.3 Å². The lowest BCUT2D eigenvalue weighted by Gasteiger charge is -2.15. The minimum Gasteiger partial charge on any atom is -0.497 e. The third-order valence-corrected chi connectivity index (χ3v) is 3.59. The number of hydrogen-bond donors (Lipinski definition) is 2. The first-order chi connectivity index (χ1) is 12.0. The first kappa shape index (κ1) is 18.3. The van der Waals surface area contributed by atoms with Crippen LogP contribution in [0.2, 0.25) is 0 Å². The average Bonchev–Trinajstić information content (AvgIpc) is 2.63. The van der Waals surface area contributed by atoms with E-state index in [-0.39, 0.29) is 6.04 Å². The summed E-state index contributed by atoms with van der Waals surface area (Å²) >= 11 is 0. The van der Waals surface area contributed by atoms with Crippen LogP contribution in [-0.4, -0.2) is 25.5 Å². The van der Waals surface area contributed by atoms with Crippen LogP contribution in [0.15, 0.2) is 48.5 Å². The maximum absolute atomic E-state index is 12.1. The summed E-state index contributed by atoms with van der Waals surface area (Å²) in [5.74, 6) is 0.0220. The van der Waals surface area contributed by atoms with Gasteiger partial charge in [-0.2, -0.15) is 0 Å². The summed E-state index contributed by atoms with van der Waals surface area (Å²) in [5, 5.41) is 5.22. The van der Waals surface area contributed by atoms with Gasteiger partial charge in [0.25, 0.3) is 0 Å². The van der Waals surface area contributed by atoms with E-state index in [1.165, 1.54) is 0 Å². The molecular weight excluding hydrogens is 320 g/mol. The zero-order chi connectivity index (χ0) is 18.2. The number of carbonyl (C=O) groups excluding carboxylic acids is 2. The van der Waals surface area contributed by atoms with Crippen molar-refractivity contribution in [3.63, 3.8) is 0 Å². The highest BCUT2D eigenvalue weighted by Gasteiger charge is 2.17. The van der Waals surface area contributed by atoms with Crippen molar-refractivity contribution in [1.82, 2.24) is 5.32 Å². The molecule has 0 aromatic heterocycles. The molecule has 0 radical (unpaired) electrons. The zero-order valence-corrected chi connectivity index (χ0v) is 14.5. The quantitative estimate of drug-likeness (QED) is 0.792. The number of rotatable bonds is 6. The molecule has 0 aliphatic heterocycles. The van der Waals surface area contributed by atoms with Crippen LogP contribution in [0, 0.1) is 0 Å². The van der Waals surface area contributed by atoms with Crippen LogP contribution in [0.1, 0.15) is 25.5 Å². The summed E-state index contributed by atoms with van der Waals surface area (Å²) in [7, 11) is 1.56. The van der Waals surface area contributed by atoms with E-state index in [1.54, 1.807) is 31.4 Å². The van der Waals surface area contributed by atoms with Crippen molar-refractivity contribution < 1.29 is 19.1 Å². The Morgan fingerprint density at radius 1 is 0.960 bits per heavy atom. The van der Waals surface area contributed by atoms with Gasteiger partial charge in [-0.15, -0.1) is 0 Å². The Balaban J connectivity index is 1.91. The summed E-state index contributed by atoms with van der Waals surface area (Å²) in [6.45, 7) is 4.32. The third kappa shape index (κ3) is 5.24.